The molecule has 0 fully saturated rings. The average molecular weight is 282 g/mol. The molecule has 2 N–H and O–H groups in total. The van der Waals surface area contributed by atoms with Gasteiger partial charge in [0, 0.05) is 23.5 Å². The number of anilines is 3. The fraction of sp³-hybridized carbons (Fsp3) is 0.278. The highest BCUT2D eigenvalue weighted by molar-refractivity contribution is 5.91. The Kier molecular flexibility index (Phi) is 4.99. The van der Waals surface area contributed by atoms with E-state index in [2.05, 4.69) is 23.6 Å². The van der Waals surface area contributed by atoms with E-state index in [1.807, 2.05) is 56.3 Å². The molecule has 3 nitrogen and oxygen atoms in total. The van der Waals surface area contributed by atoms with E-state index in [9.17, 15) is 4.79 Å². The van der Waals surface area contributed by atoms with Gasteiger partial charge >= 0.3 is 0 Å². The van der Waals surface area contributed by atoms with Crippen LogP contribution >= 0.6 is 0 Å². The molecule has 0 aromatic heterocycles. The van der Waals surface area contributed by atoms with Crippen LogP contribution in [0.15, 0.2) is 48.5 Å². The largest absolute Gasteiger partial charge is 0.355 e. The Balaban J connectivity index is 1.99. The van der Waals surface area contributed by atoms with Crippen molar-refractivity contribution in [3.05, 3.63) is 54.1 Å². The molecule has 110 valence electrons. The molecule has 0 saturated heterocycles. The lowest BCUT2D eigenvalue weighted by atomic mass is 10.1. The summed E-state index contributed by atoms with van der Waals surface area (Å²) in [6, 6.07) is 15.9. The Morgan fingerprint density at radius 3 is 2.24 bits per heavy atom. The second-order valence-corrected chi connectivity index (χ2v) is 5.66. The van der Waals surface area contributed by atoms with Gasteiger partial charge in [-0.05, 0) is 48.7 Å². The number of hydrogen-bond donors (Lipinski definition) is 2. The summed E-state index contributed by atoms with van der Waals surface area (Å²) in [6.07, 6.45) is 0.545. The van der Waals surface area contributed by atoms with Gasteiger partial charge < -0.3 is 10.6 Å². The monoisotopic (exact) mass is 282 g/mol. The highest BCUT2D eigenvalue weighted by atomic mass is 16.1. The molecule has 1 amide bonds. The molecule has 0 spiro atoms. The second kappa shape index (κ2) is 6.93. The van der Waals surface area contributed by atoms with Crippen molar-refractivity contribution in [2.45, 2.75) is 27.2 Å². The first-order valence-corrected chi connectivity index (χ1v) is 7.27. The molecule has 0 radical (unpaired) electrons. The zero-order chi connectivity index (χ0) is 15.2. The first kappa shape index (κ1) is 15.1. The molecule has 0 bridgehead atoms. The summed E-state index contributed by atoms with van der Waals surface area (Å²) in [4.78, 5) is 11.7. The van der Waals surface area contributed by atoms with Crippen molar-refractivity contribution in [3.8, 4) is 0 Å². The number of rotatable bonds is 5. The van der Waals surface area contributed by atoms with Gasteiger partial charge in [0.25, 0.3) is 0 Å². The summed E-state index contributed by atoms with van der Waals surface area (Å²) < 4.78 is 0. The number of aryl methyl sites for hydroxylation is 1. The van der Waals surface area contributed by atoms with Crippen molar-refractivity contribution < 1.29 is 4.79 Å². The van der Waals surface area contributed by atoms with Crippen LogP contribution in [-0.4, -0.2) is 5.91 Å². The highest BCUT2D eigenvalue weighted by Gasteiger charge is 2.05. The highest BCUT2D eigenvalue weighted by Crippen LogP contribution is 2.21. The van der Waals surface area contributed by atoms with Crippen LogP contribution in [0.4, 0.5) is 17.1 Å². The molecule has 0 unspecified atom stereocenters. The third-order valence-electron chi connectivity index (χ3n) is 3.19. The Morgan fingerprint density at radius 1 is 1.00 bits per heavy atom. The van der Waals surface area contributed by atoms with Crippen molar-refractivity contribution in [1.82, 2.24) is 0 Å². The molecule has 0 aliphatic carbocycles. The van der Waals surface area contributed by atoms with Crippen molar-refractivity contribution in [2.24, 2.45) is 5.92 Å². The summed E-state index contributed by atoms with van der Waals surface area (Å²) in [6.45, 7) is 6.15. The van der Waals surface area contributed by atoms with E-state index in [-0.39, 0.29) is 5.91 Å². The maximum absolute atomic E-state index is 11.7. The van der Waals surface area contributed by atoms with E-state index in [1.165, 1.54) is 5.56 Å². The lowest BCUT2D eigenvalue weighted by Gasteiger charge is -2.11. The molecule has 2 aromatic carbocycles. The van der Waals surface area contributed by atoms with Crippen molar-refractivity contribution in [1.29, 1.82) is 0 Å². The standard InChI is InChI=1S/C18H22N2O/c1-13(2)12-18(21)20-16-10-8-15(9-11-16)19-17-7-5-4-6-14(17)3/h4-11,13,19H,12H2,1-3H3,(H,20,21). The summed E-state index contributed by atoms with van der Waals surface area (Å²) in [5, 5.41) is 6.28. The summed E-state index contributed by atoms with van der Waals surface area (Å²) in [7, 11) is 0. The van der Waals surface area contributed by atoms with Gasteiger partial charge in [-0.2, -0.15) is 0 Å². The first-order chi connectivity index (χ1) is 10.0. The number of carbonyl (C=O) groups excluding carboxylic acids is 1. The van der Waals surface area contributed by atoms with Gasteiger partial charge in [-0.15, -0.1) is 0 Å². The minimum absolute atomic E-state index is 0.0598. The van der Waals surface area contributed by atoms with Gasteiger partial charge in [0.05, 0.1) is 0 Å². The Labute approximate surface area is 126 Å². The topological polar surface area (TPSA) is 41.1 Å². The smallest absolute Gasteiger partial charge is 0.224 e. The fourth-order valence-electron chi connectivity index (χ4n) is 2.09. The van der Waals surface area contributed by atoms with Crippen LogP contribution in [0.3, 0.4) is 0 Å². The lowest BCUT2D eigenvalue weighted by Crippen LogP contribution is -2.13. The van der Waals surface area contributed by atoms with Crippen LogP contribution < -0.4 is 10.6 Å². The van der Waals surface area contributed by atoms with Gasteiger partial charge in [-0.1, -0.05) is 32.0 Å². The van der Waals surface area contributed by atoms with Crippen molar-refractivity contribution in [3.63, 3.8) is 0 Å². The zero-order valence-corrected chi connectivity index (χ0v) is 12.8. The van der Waals surface area contributed by atoms with E-state index in [4.69, 9.17) is 0 Å². The first-order valence-electron chi connectivity index (χ1n) is 7.27. The molecule has 0 aliphatic heterocycles. The Bertz CT molecular complexity index is 603. The van der Waals surface area contributed by atoms with Crippen molar-refractivity contribution >= 4 is 23.0 Å². The Morgan fingerprint density at radius 2 is 1.62 bits per heavy atom. The summed E-state index contributed by atoms with van der Waals surface area (Å²) in [5.41, 5.74) is 4.13. The SMILES string of the molecule is Cc1ccccc1Nc1ccc(NC(=O)CC(C)C)cc1. The Hall–Kier alpha value is -2.29. The minimum Gasteiger partial charge on any atom is -0.355 e. The molecule has 0 saturated carbocycles. The van der Waals surface area contributed by atoms with Crippen LogP contribution in [0.25, 0.3) is 0 Å². The number of amides is 1. The number of benzene rings is 2. The van der Waals surface area contributed by atoms with Crippen LogP contribution in [0.5, 0.6) is 0 Å². The lowest BCUT2D eigenvalue weighted by molar-refractivity contribution is -0.116. The minimum atomic E-state index is 0.0598. The third kappa shape index (κ3) is 4.63. The number of para-hydroxylation sites is 1. The van der Waals surface area contributed by atoms with E-state index in [1.54, 1.807) is 0 Å². The predicted molar refractivity (Wildman–Crippen MR) is 89.0 cm³/mol. The van der Waals surface area contributed by atoms with Gasteiger partial charge in [0.1, 0.15) is 0 Å². The van der Waals surface area contributed by atoms with Crippen LogP contribution in [0.2, 0.25) is 0 Å². The fourth-order valence-corrected chi connectivity index (χ4v) is 2.09. The number of nitrogens with one attached hydrogen (secondary N) is 2. The van der Waals surface area contributed by atoms with Crippen LogP contribution in [0.1, 0.15) is 25.8 Å². The quantitative estimate of drug-likeness (QED) is 0.833. The molecule has 3 heteroatoms. The summed E-state index contributed by atoms with van der Waals surface area (Å²) >= 11 is 0. The van der Waals surface area contributed by atoms with Crippen molar-refractivity contribution in [2.75, 3.05) is 10.6 Å². The molecule has 0 heterocycles. The van der Waals surface area contributed by atoms with Gasteiger partial charge in [0.15, 0.2) is 0 Å². The molecule has 2 aromatic rings. The molecule has 0 atom stereocenters. The average Bonchev–Trinajstić information content (AvgIpc) is 2.42. The maximum Gasteiger partial charge on any atom is 0.224 e. The normalized spacial score (nSPS) is 10.5. The zero-order valence-electron chi connectivity index (χ0n) is 12.8. The predicted octanol–water partition coefficient (Wildman–Crippen LogP) is 4.72. The molecular formula is C18H22N2O. The third-order valence-corrected chi connectivity index (χ3v) is 3.19. The van der Waals surface area contributed by atoms with Gasteiger partial charge in [-0.3, -0.25) is 4.79 Å². The molecule has 21 heavy (non-hydrogen) atoms. The molecular weight excluding hydrogens is 260 g/mol. The van der Waals surface area contributed by atoms with E-state index in [0.717, 1.165) is 17.1 Å². The van der Waals surface area contributed by atoms with Crippen LogP contribution in [-0.2, 0) is 4.79 Å². The maximum atomic E-state index is 11.7. The van der Waals surface area contributed by atoms with Gasteiger partial charge in [0.2, 0.25) is 5.91 Å². The summed E-state index contributed by atoms with van der Waals surface area (Å²) in [5.74, 6) is 0.427. The number of hydrogen-bond acceptors (Lipinski definition) is 2. The second-order valence-electron chi connectivity index (χ2n) is 5.66. The van der Waals surface area contributed by atoms with Gasteiger partial charge in [-0.25, -0.2) is 0 Å². The van der Waals surface area contributed by atoms with E-state index in [0.29, 0.717) is 12.3 Å². The molecule has 2 rings (SSSR count). The molecule has 0 aliphatic rings. The number of carbonyl (C=O) groups is 1. The van der Waals surface area contributed by atoms with E-state index >= 15 is 0 Å². The van der Waals surface area contributed by atoms with E-state index < -0.39 is 0 Å². The van der Waals surface area contributed by atoms with Crippen LogP contribution in [0, 0.1) is 12.8 Å².